The molecular formula is C25H31N5O3. The highest BCUT2D eigenvalue weighted by atomic mass is 16.5. The van der Waals surface area contributed by atoms with Crippen LogP contribution in [0.15, 0.2) is 42.5 Å². The molecule has 33 heavy (non-hydrogen) atoms. The van der Waals surface area contributed by atoms with Crippen molar-refractivity contribution in [1.82, 2.24) is 20.0 Å². The maximum atomic E-state index is 13.7. The predicted molar refractivity (Wildman–Crippen MR) is 126 cm³/mol. The van der Waals surface area contributed by atoms with Crippen molar-refractivity contribution in [3.8, 4) is 5.75 Å². The molecule has 3 fully saturated rings. The molecule has 0 spiro atoms. The standard InChI is InChI=1S/C25H31N5O3/c1-16-9-10-17(2)18(13-16)15-30-23(31)21-22(27(3)25(30)32)26-24-28(11-6-12-29(21)24)19-7-5-8-20(14-19)33-4/h5,7-10,13-14,21-22,24,26H,6,11-12,15H2,1-4H3. The van der Waals surface area contributed by atoms with E-state index >= 15 is 0 Å². The van der Waals surface area contributed by atoms with Crippen molar-refractivity contribution >= 4 is 17.6 Å². The fraction of sp³-hybridized carbons (Fsp3) is 0.440. The van der Waals surface area contributed by atoms with Gasteiger partial charge in [0.05, 0.1) is 13.7 Å². The third kappa shape index (κ3) is 3.63. The first-order valence-electron chi connectivity index (χ1n) is 11.5. The average molecular weight is 450 g/mol. The molecule has 3 amide bonds. The number of nitrogens with one attached hydrogen (secondary N) is 1. The normalized spacial score (nSPS) is 25.3. The van der Waals surface area contributed by atoms with Crippen LogP contribution < -0.4 is 15.0 Å². The molecule has 0 radical (unpaired) electrons. The van der Waals surface area contributed by atoms with Gasteiger partial charge in [-0.25, -0.2) is 4.79 Å². The van der Waals surface area contributed by atoms with Gasteiger partial charge in [0.2, 0.25) is 0 Å². The molecule has 1 N–H and O–H groups in total. The summed E-state index contributed by atoms with van der Waals surface area (Å²) in [6.45, 7) is 5.99. The Hall–Kier alpha value is -3.10. The largest absolute Gasteiger partial charge is 0.497 e. The predicted octanol–water partition coefficient (Wildman–Crippen LogP) is 2.50. The molecule has 3 aliphatic heterocycles. The van der Waals surface area contributed by atoms with Crippen molar-refractivity contribution < 1.29 is 14.3 Å². The molecule has 174 valence electrons. The smallest absolute Gasteiger partial charge is 0.328 e. The fourth-order valence-electron chi connectivity index (χ4n) is 5.26. The average Bonchev–Trinajstić information content (AvgIpc) is 3.22. The van der Waals surface area contributed by atoms with E-state index in [0.29, 0.717) is 0 Å². The van der Waals surface area contributed by atoms with Gasteiger partial charge in [-0.05, 0) is 43.5 Å². The van der Waals surface area contributed by atoms with Gasteiger partial charge in [0.1, 0.15) is 24.2 Å². The minimum absolute atomic E-state index is 0.133. The minimum atomic E-state index is -0.420. The molecule has 5 rings (SSSR count). The fourth-order valence-corrected chi connectivity index (χ4v) is 5.26. The van der Waals surface area contributed by atoms with Crippen LogP contribution >= 0.6 is 0 Å². The third-order valence-electron chi connectivity index (χ3n) is 7.09. The molecule has 3 saturated heterocycles. The van der Waals surface area contributed by atoms with Crippen molar-refractivity contribution in [3.05, 3.63) is 59.2 Å². The SMILES string of the molecule is COc1cccc(N2CCCN3C4C(=O)N(Cc5cc(C)ccc5C)C(=O)N(C)C4NC23)c1. The van der Waals surface area contributed by atoms with Crippen LogP contribution in [-0.2, 0) is 11.3 Å². The maximum absolute atomic E-state index is 13.7. The van der Waals surface area contributed by atoms with Crippen LogP contribution in [-0.4, -0.2) is 72.4 Å². The Morgan fingerprint density at radius 2 is 1.91 bits per heavy atom. The van der Waals surface area contributed by atoms with Gasteiger partial charge in [0.15, 0.2) is 0 Å². The highest BCUT2D eigenvalue weighted by molar-refractivity contribution is 6.00. The van der Waals surface area contributed by atoms with Crippen molar-refractivity contribution in [1.29, 1.82) is 0 Å². The van der Waals surface area contributed by atoms with E-state index in [1.807, 2.05) is 44.2 Å². The number of methoxy groups -OCH3 is 1. The highest BCUT2D eigenvalue weighted by Gasteiger charge is 2.56. The zero-order valence-corrected chi connectivity index (χ0v) is 19.6. The zero-order chi connectivity index (χ0) is 23.3. The molecule has 0 aromatic heterocycles. The summed E-state index contributed by atoms with van der Waals surface area (Å²) in [4.78, 5) is 34.5. The summed E-state index contributed by atoms with van der Waals surface area (Å²) < 4.78 is 5.41. The molecular weight excluding hydrogens is 418 g/mol. The number of anilines is 1. The summed E-state index contributed by atoms with van der Waals surface area (Å²) in [6, 6.07) is 13.4. The Bertz CT molecular complexity index is 1090. The summed E-state index contributed by atoms with van der Waals surface area (Å²) in [5, 5.41) is 3.57. The molecule has 2 aromatic rings. The third-order valence-corrected chi connectivity index (χ3v) is 7.09. The Morgan fingerprint density at radius 1 is 1.09 bits per heavy atom. The van der Waals surface area contributed by atoms with Crippen molar-refractivity contribution in [2.24, 2.45) is 0 Å². The molecule has 3 atom stereocenters. The molecule has 0 aliphatic carbocycles. The van der Waals surface area contributed by atoms with Gasteiger partial charge in [-0.15, -0.1) is 0 Å². The number of amides is 3. The monoisotopic (exact) mass is 449 g/mol. The Labute approximate surface area is 194 Å². The van der Waals surface area contributed by atoms with Gasteiger partial charge < -0.3 is 14.5 Å². The molecule has 0 saturated carbocycles. The van der Waals surface area contributed by atoms with Crippen LogP contribution in [0.1, 0.15) is 23.1 Å². The molecule has 2 aromatic carbocycles. The lowest BCUT2D eigenvalue weighted by Crippen LogP contribution is -2.66. The molecule has 3 heterocycles. The number of nitrogens with zero attached hydrogens (tertiary/aromatic N) is 4. The summed E-state index contributed by atoms with van der Waals surface area (Å²) >= 11 is 0. The molecule has 0 bridgehead atoms. The van der Waals surface area contributed by atoms with Crippen molar-refractivity contribution in [2.45, 2.75) is 45.3 Å². The Morgan fingerprint density at radius 3 is 2.70 bits per heavy atom. The number of urea groups is 1. The summed E-state index contributed by atoms with van der Waals surface area (Å²) in [5.41, 5.74) is 4.23. The minimum Gasteiger partial charge on any atom is -0.497 e. The van der Waals surface area contributed by atoms with E-state index in [-0.39, 0.29) is 30.9 Å². The van der Waals surface area contributed by atoms with Gasteiger partial charge >= 0.3 is 6.03 Å². The topological polar surface area (TPSA) is 68.4 Å². The maximum Gasteiger partial charge on any atom is 0.328 e. The number of benzene rings is 2. The Balaban J connectivity index is 1.44. The van der Waals surface area contributed by atoms with E-state index in [9.17, 15) is 9.59 Å². The van der Waals surface area contributed by atoms with Crippen LogP contribution in [0.2, 0.25) is 0 Å². The van der Waals surface area contributed by atoms with E-state index in [1.165, 1.54) is 4.90 Å². The van der Waals surface area contributed by atoms with Gasteiger partial charge in [0, 0.05) is 31.9 Å². The number of carbonyl (C=O) groups is 2. The van der Waals surface area contributed by atoms with Gasteiger partial charge in [0.25, 0.3) is 5.91 Å². The molecule has 3 unspecified atom stereocenters. The number of likely N-dealkylation sites (N-methyl/N-ethyl adjacent to an activating group) is 1. The van der Waals surface area contributed by atoms with E-state index in [1.54, 1.807) is 19.1 Å². The second-order valence-electron chi connectivity index (χ2n) is 9.16. The number of ether oxygens (including phenoxy) is 1. The lowest BCUT2D eigenvalue weighted by Gasteiger charge is -2.44. The summed E-state index contributed by atoms with van der Waals surface area (Å²) in [5.74, 6) is 0.662. The van der Waals surface area contributed by atoms with E-state index < -0.39 is 6.04 Å². The van der Waals surface area contributed by atoms with Crippen LogP contribution in [0.5, 0.6) is 5.75 Å². The van der Waals surface area contributed by atoms with E-state index in [4.69, 9.17) is 4.74 Å². The van der Waals surface area contributed by atoms with Crippen molar-refractivity contribution in [3.63, 3.8) is 0 Å². The first-order chi connectivity index (χ1) is 15.9. The first-order valence-corrected chi connectivity index (χ1v) is 11.5. The zero-order valence-electron chi connectivity index (χ0n) is 19.6. The molecule has 3 aliphatic rings. The quantitative estimate of drug-likeness (QED) is 0.774. The van der Waals surface area contributed by atoms with Crippen LogP contribution in [0.4, 0.5) is 10.5 Å². The molecule has 8 nitrogen and oxygen atoms in total. The number of imide groups is 1. The highest BCUT2D eigenvalue weighted by Crippen LogP contribution is 2.34. The van der Waals surface area contributed by atoms with Crippen molar-refractivity contribution in [2.75, 3.05) is 32.1 Å². The Kier molecular flexibility index (Phi) is 5.50. The lowest BCUT2D eigenvalue weighted by atomic mass is 10.0. The number of fused-ring (bicyclic) bond motifs is 3. The van der Waals surface area contributed by atoms with E-state index in [2.05, 4.69) is 27.2 Å². The number of hydrogen-bond acceptors (Lipinski definition) is 6. The summed E-state index contributed by atoms with van der Waals surface area (Å²) in [6.07, 6.45) is 0.400. The molecule has 8 heteroatoms. The van der Waals surface area contributed by atoms with Gasteiger partial charge in [-0.2, -0.15) is 0 Å². The first kappa shape index (κ1) is 21.7. The summed E-state index contributed by atoms with van der Waals surface area (Å²) in [7, 11) is 3.44. The van der Waals surface area contributed by atoms with Gasteiger partial charge in [-0.1, -0.05) is 29.8 Å². The number of hydrogen-bond donors (Lipinski definition) is 1. The lowest BCUT2D eigenvalue weighted by molar-refractivity contribution is -0.139. The number of aryl methyl sites for hydroxylation is 2. The van der Waals surface area contributed by atoms with Gasteiger partial charge in [-0.3, -0.25) is 19.9 Å². The second-order valence-corrected chi connectivity index (χ2v) is 9.16. The van der Waals surface area contributed by atoms with Crippen LogP contribution in [0.3, 0.4) is 0 Å². The number of carbonyl (C=O) groups excluding carboxylic acids is 2. The van der Waals surface area contributed by atoms with Crippen LogP contribution in [0, 0.1) is 13.8 Å². The van der Waals surface area contributed by atoms with Crippen LogP contribution in [0.25, 0.3) is 0 Å². The van der Waals surface area contributed by atoms with E-state index in [0.717, 1.165) is 47.6 Å². The number of rotatable bonds is 4. The second kappa shape index (κ2) is 8.35.